The summed E-state index contributed by atoms with van der Waals surface area (Å²) in [6.07, 6.45) is 0. The Bertz CT molecular complexity index is 738. The van der Waals surface area contributed by atoms with Crippen molar-refractivity contribution >= 4 is 23.6 Å². The van der Waals surface area contributed by atoms with E-state index in [1.54, 1.807) is 42.5 Å². The molecule has 2 aromatic rings. The number of ether oxygens (including phenoxy) is 1. The molecule has 24 heavy (non-hydrogen) atoms. The van der Waals surface area contributed by atoms with Gasteiger partial charge in [-0.1, -0.05) is 36.4 Å². The lowest BCUT2D eigenvalue weighted by atomic mass is 10.2. The average Bonchev–Trinajstić information content (AvgIpc) is 3.10. The molecule has 1 aliphatic rings. The first kappa shape index (κ1) is 16.5. The molecule has 3 rings (SSSR count). The van der Waals surface area contributed by atoms with Gasteiger partial charge in [-0.25, -0.2) is 9.18 Å². The minimum absolute atomic E-state index is 0.139. The maximum Gasteiger partial charge on any atom is 0.330 e. The highest BCUT2D eigenvalue weighted by molar-refractivity contribution is 7.99. The number of halogens is 1. The molecule has 0 unspecified atom stereocenters. The minimum Gasteiger partial charge on any atom is -0.459 e. The van der Waals surface area contributed by atoms with E-state index in [0.29, 0.717) is 22.8 Å². The zero-order valence-electron chi connectivity index (χ0n) is 12.9. The number of hydrogen-bond donors (Lipinski definition) is 0. The van der Waals surface area contributed by atoms with Gasteiger partial charge in [-0.2, -0.15) is 0 Å². The third-order valence-corrected chi connectivity index (χ3v) is 4.78. The van der Waals surface area contributed by atoms with Crippen LogP contribution in [-0.4, -0.2) is 34.4 Å². The van der Waals surface area contributed by atoms with Gasteiger partial charge >= 0.3 is 5.97 Å². The largest absolute Gasteiger partial charge is 0.459 e. The van der Waals surface area contributed by atoms with Crippen LogP contribution in [0.3, 0.4) is 0 Å². The van der Waals surface area contributed by atoms with Gasteiger partial charge in [0.25, 0.3) is 5.91 Å². The van der Waals surface area contributed by atoms with Crippen molar-refractivity contribution in [2.75, 3.05) is 11.6 Å². The van der Waals surface area contributed by atoms with Crippen molar-refractivity contribution < 1.29 is 18.7 Å². The summed E-state index contributed by atoms with van der Waals surface area (Å²) in [6.45, 7) is -0.139. The maximum absolute atomic E-state index is 13.6. The summed E-state index contributed by atoms with van der Waals surface area (Å²) in [5.74, 6) is -0.203. The van der Waals surface area contributed by atoms with E-state index in [1.807, 2.05) is 6.07 Å². The number of hydrogen-bond acceptors (Lipinski definition) is 4. The highest BCUT2D eigenvalue weighted by Gasteiger charge is 2.36. The lowest BCUT2D eigenvalue weighted by molar-refractivity contribution is -0.149. The van der Waals surface area contributed by atoms with Gasteiger partial charge < -0.3 is 9.64 Å². The van der Waals surface area contributed by atoms with E-state index < -0.39 is 17.8 Å². The molecule has 1 atom stereocenters. The fourth-order valence-corrected chi connectivity index (χ4v) is 3.58. The molecule has 0 N–H and O–H groups in total. The number of carbonyl (C=O) groups is 2. The van der Waals surface area contributed by atoms with Crippen molar-refractivity contribution in [3.8, 4) is 0 Å². The standard InChI is InChI=1S/C18H16FNO3S/c19-15-9-5-4-8-14(15)10-23-18(22)16-11-24-12-20(16)17(21)13-6-2-1-3-7-13/h1-9,16H,10-12H2/t16-/m0/s1. The van der Waals surface area contributed by atoms with Crippen molar-refractivity contribution in [3.63, 3.8) is 0 Å². The molecule has 124 valence electrons. The van der Waals surface area contributed by atoms with Crippen molar-refractivity contribution in [2.24, 2.45) is 0 Å². The van der Waals surface area contributed by atoms with Gasteiger partial charge in [0, 0.05) is 16.9 Å². The van der Waals surface area contributed by atoms with E-state index in [1.165, 1.54) is 22.7 Å². The molecule has 1 amide bonds. The summed E-state index contributed by atoms with van der Waals surface area (Å²) >= 11 is 1.50. The third kappa shape index (κ3) is 3.59. The number of thioether (sulfide) groups is 1. The summed E-state index contributed by atoms with van der Waals surface area (Å²) in [5, 5.41) is 0. The van der Waals surface area contributed by atoms with Crippen LogP contribution in [-0.2, 0) is 16.1 Å². The molecule has 0 spiro atoms. The van der Waals surface area contributed by atoms with Gasteiger partial charge in [0.05, 0.1) is 5.88 Å². The van der Waals surface area contributed by atoms with E-state index in [9.17, 15) is 14.0 Å². The van der Waals surface area contributed by atoms with Crippen LogP contribution in [0.25, 0.3) is 0 Å². The number of carbonyl (C=O) groups excluding carboxylic acids is 2. The Morgan fingerprint density at radius 2 is 1.83 bits per heavy atom. The normalized spacial score (nSPS) is 16.9. The Labute approximate surface area is 143 Å². The predicted molar refractivity (Wildman–Crippen MR) is 89.9 cm³/mol. The summed E-state index contributed by atoms with van der Waals surface area (Å²) in [4.78, 5) is 26.4. The van der Waals surface area contributed by atoms with Gasteiger partial charge in [-0.15, -0.1) is 11.8 Å². The molecule has 1 saturated heterocycles. The zero-order valence-corrected chi connectivity index (χ0v) is 13.7. The topological polar surface area (TPSA) is 46.6 Å². The molecule has 0 aromatic heterocycles. The van der Waals surface area contributed by atoms with Crippen LogP contribution in [0, 0.1) is 5.82 Å². The fourth-order valence-electron chi connectivity index (χ4n) is 2.45. The Morgan fingerprint density at radius 3 is 2.58 bits per heavy atom. The maximum atomic E-state index is 13.6. The van der Waals surface area contributed by atoms with Crippen LogP contribution >= 0.6 is 11.8 Å². The first-order valence-corrected chi connectivity index (χ1v) is 8.66. The number of esters is 1. The molecule has 1 fully saturated rings. The SMILES string of the molecule is O=C(OCc1ccccc1F)[C@@H]1CSCN1C(=O)c1ccccc1. The number of amides is 1. The molecule has 0 bridgehead atoms. The quantitative estimate of drug-likeness (QED) is 0.799. The average molecular weight is 345 g/mol. The Morgan fingerprint density at radius 1 is 1.12 bits per heavy atom. The predicted octanol–water partition coefficient (Wildman–Crippen LogP) is 3.08. The van der Waals surface area contributed by atoms with Gasteiger partial charge in [-0.05, 0) is 18.2 Å². The lowest BCUT2D eigenvalue weighted by Crippen LogP contribution is -2.42. The number of rotatable bonds is 4. The molecule has 1 heterocycles. The second-order valence-electron chi connectivity index (χ2n) is 5.36. The fraction of sp³-hybridized carbons (Fsp3) is 0.222. The van der Waals surface area contributed by atoms with Crippen molar-refractivity contribution in [2.45, 2.75) is 12.6 Å². The molecule has 6 heteroatoms. The Balaban J connectivity index is 1.66. The third-order valence-electron chi connectivity index (χ3n) is 3.76. The highest BCUT2D eigenvalue weighted by Crippen LogP contribution is 2.24. The van der Waals surface area contributed by atoms with E-state index in [-0.39, 0.29) is 12.5 Å². The van der Waals surface area contributed by atoms with E-state index in [0.717, 1.165) is 0 Å². The van der Waals surface area contributed by atoms with Crippen LogP contribution in [0.2, 0.25) is 0 Å². The van der Waals surface area contributed by atoms with E-state index in [4.69, 9.17) is 4.74 Å². The second kappa shape index (κ2) is 7.49. The van der Waals surface area contributed by atoms with Crippen molar-refractivity contribution in [3.05, 3.63) is 71.5 Å². The van der Waals surface area contributed by atoms with Gasteiger partial charge in [-0.3, -0.25) is 4.79 Å². The van der Waals surface area contributed by atoms with Crippen LogP contribution in [0.4, 0.5) is 4.39 Å². The molecule has 0 saturated carbocycles. The Kier molecular flexibility index (Phi) is 5.15. The monoisotopic (exact) mass is 345 g/mol. The summed E-state index contributed by atoms with van der Waals surface area (Å²) in [5.41, 5.74) is 0.851. The molecular formula is C18H16FNO3S. The molecule has 0 radical (unpaired) electrons. The molecule has 4 nitrogen and oxygen atoms in total. The van der Waals surface area contributed by atoms with E-state index in [2.05, 4.69) is 0 Å². The summed E-state index contributed by atoms with van der Waals surface area (Å²) in [7, 11) is 0. The Hall–Kier alpha value is -2.34. The molecular weight excluding hydrogens is 329 g/mol. The van der Waals surface area contributed by atoms with Crippen LogP contribution in [0.15, 0.2) is 54.6 Å². The minimum atomic E-state index is -0.644. The molecule has 0 aliphatic carbocycles. The van der Waals surface area contributed by atoms with Crippen LogP contribution < -0.4 is 0 Å². The van der Waals surface area contributed by atoms with Crippen LogP contribution in [0.5, 0.6) is 0 Å². The smallest absolute Gasteiger partial charge is 0.330 e. The second-order valence-corrected chi connectivity index (χ2v) is 6.36. The van der Waals surface area contributed by atoms with Gasteiger partial charge in [0.15, 0.2) is 0 Å². The van der Waals surface area contributed by atoms with Gasteiger partial charge in [0.1, 0.15) is 18.5 Å². The zero-order chi connectivity index (χ0) is 16.9. The summed E-state index contributed by atoms with van der Waals surface area (Å²) in [6, 6.07) is 14.3. The highest BCUT2D eigenvalue weighted by atomic mass is 32.2. The van der Waals surface area contributed by atoms with Crippen molar-refractivity contribution in [1.29, 1.82) is 0 Å². The molecule has 1 aliphatic heterocycles. The van der Waals surface area contributed by atoms with Crippen molar-refractivity contribution in [1.82, 2.24) is 4.90 Å². The first-order valence-electron chi connectivity index (χ1n) is 7.50. The number of nitrogens with zero attached hydrogens (tertiary/aromatic N) is 1. The van der Waals surface area contributed by atoms with E-state index >= 15 is 0 Å². The first-order chi connectivity index (χ1) is 11.7. The van der Waals surface area contributed by atoms with Crippen LogP contribution in [0.1, 0.15) is 15.9 Å². The summed E-state index contributed by atoms with van der Waals surface area (Å²) < 4.78 is 18.8. The lowest BCUT2D eigenvalue weighted by Gasteiger charge is -2.22. The molecule has 2 aromatic carbocycles. The number of benzene rings is 2. The van der Waals surface area contributed by atoms with Gasteiger partial charge in [0.2, 0.25) is 0 Å².